The molecule has 1 unspecified atom stereocenters. The summed E-state index contributed by atoms with van der Waals surface area (Å²) in [5.74, 6) is 0.560. The van der Waals surface area contributed by atoms with E-state index in [2.05, 4.69) is 20.7 Å². The van der Waals surface area contributed by atoms with E-state index in [0.717, 1.165) is 0 Å². The van der Waals surface area contributed by atoms with E-state index < -0.39 is 0 Å². The number of hydrogen-bond acceptors (Lipinski definition) is 7. The van der Waals surface area contributed by atoms with E-state index in [1.54, 1.807) is 13.0 Å². The van der Waals surface area contributed by atoms with Crippen LogP contribution in [0.4, 0.5) is 5.13 Å². The molecule has 3 N–H and O–H groups in total. The third-order valence-corrected chi connectivity index (χ3v) is 3.44. The van der Waals surface area contributed by atoms with Crippen molar-refractivity contribution in [2.75, 3.05) is 5.73 Å². The minimum atomic E-state index is -0.308. The highest BCUT2D eigenvalue weighted by atomic mass is 32.1. The van der Waals surface area contributed by atoms with Crippen molar-refractivity contribution in [1.29, 1.82) is 0 Å². The molecule has 0 saturated carbocycles. The molecule has 0 aliphatic heterocycles. The molecule has 0 aliphatic carbocycles. The molecule has 0 fully saturated rings. The lowest BCUT2D eigenvalue weighted by Gasteiger charge is -2.08. The van der Waals surface area contributed by atoms with E-state index in [9.17, 15) is 4.79 Å². The second-order valence-electron chi connectivity index (χ2n) is 4.44. The fourth-order valence-electron chi connectivity index (χ4n) is 1.42. The first kappa shape index (κ1) is 13.5. The van der Waals surface area contributed by atoms with Gasteiger partial charge in [-0.15, -0.1) is 10.2 Å². The zero-order chi connectivity index (χ0) is 14.0. The number of aromatic nitrogens is 3. The van der Waals surface area contributed by atoms with Gasteiger partial charge in [-0.1, -0.05) is 30.3 Å². The summed E-state index contributed by atoms with van der Waals surface area (Å²) < 4.78 is 5.08. The Labute approximate surface area is 114 Å². The highest BCUT2D eigenvalue weighted by Crippen LogP contribution is 2.20. The summed E-state index contributed by atoms with van der Waals surface area (Å²) in [6, 6.07) is 1.36. The van der Waals surface area contributed by atoms with Crippen molar-refractivity contribution in [3.8, 4) is 0 Å². The van der Waals surface area contributed by atoms with Crippen molar-refractivity contribution < 1.29 is 9.32 Å². The summed E-state index contributed by atoms with van der Waals surface area (Å²) in [7, 11) is 0. The van der Waals surface area contributed by atoms with Gasteiger partial charge < -0.3 is 15.6 Å². The molecule has 2 aromatic heterocycles. The number of carbonyl (C=O) groups is 1. The number of carbonyl (C=O) groups excluding carboxylic acids is 1. The van der Waals surface area contributed by atoms with Crippen LogP contribution >= 0.6 is 11.3 Å². The minimum absolute atomic E-state index is 0.189. The molecule has 0 aromatic carbocycles. The number of nitrogens with two attached hydrogens (primary N) is 1. The van der Waals surface area contributed by atoms with Crippen molar-refractivity contribution in [3.63, 3.8) is 0 Å². The minimum Gasteiger partial charge on any atom is -0.374 e. The van der Waals surface area contributed by atoms with Crippen LogP contribution in [0.15, 0.2) is 10.6 Å². The summed E-state index contributed by atoms with van der Waals surface area (Å²) in [6.07, 6.45) is 0. The largest absolute Gasteiger partial charge is 0.374 e. The summed E-state index contributed by atoms with van der Waals surface area (Å²) in [4.78, 5) is 12.0. The van der Waals surface area contributed by atoms with Gasteiger partial charge in [0.15, 0.2) is 5.69 Å². The van der Waals surface area contributed by atoms with Gasteiger partial charge in [-0.25, -0.2) is 0 Å². The molecule has 8 heteroatoms. The molecule has 102 valence electrons. The molecule has 0 saturated heterocycles. The molecule has 19 heavy (non-hydrogen) atoms. The van der Waals surface area contributed by atoms with E-state index >= 15 is 0 Å². The Morgan fingerprint density at radius 1 is 1.42 bits per heavy atom. The highest BCUT2D eigenvalue weighted by Gasteiger charge is 2.18. The lowest BCUT2D eigenvalue weighted by atomic mass is 10.1. The third-order valence-electron chi connectivity index (χ3n) is 2.50. The second-order valence-corrected chi connectivity index (χ2v) is 5.48. The van der Waals surface area contributed by atoms with Gasteiger partial charge >= 0.3 is 0 Å². The van der Waals surface area contributed by atoms with E-state index in [4.69, 9.17) is 10.3 Å². The van der Waals surface area contributed by atoms with Crippen molar-refractivity contribution in [3.05, 3.63) is 22.5 Å². The van der Waals surface area contributed by atoms with Crippen LogP contribution in [0.25, 0.3) is 0 Å². The van der Waals surface area contributed by atoms with E-state index in [1.807, 2.05) is 13.8 Å². The molecule has 2 aromatic rings. The normalized spacial score (nSPS) is 12.6. The number of nitrogens with one attached hydrogen (secondary N) is 1. The molecular formula is C11H15N5O2S. The van der Waals surface area contributed by atoms with Crippen LogP contribution in [0.2, 0.25) is 0 Å². The van der Waals surface area contributed by atoms with Crippen molar-refractivity contribution in [1.82, 2.24) is 20.7 Å². The Morgan fingerprint density at radius 3 is 2.68 bits per heavy atom. The number of amides is 1. The summed E-state index contributed by atoms with van der Waals surface area (Å²) in [6.45, 7) is 5.74. The first-order valence-corrected chi connectivity index (χ1v) is 6.65. The first-order chi connectivity index (χ1) is 8.97. The van der Waals surface area contributed by atoms with Crippen molar-refractivity contribution in [2.24, 2.45) is 0 Å². The van der Waals surface area contributed by atoms with Gasteiger partial charge in [0, 0.05) is 12.0 Å². The zero-order valence-corrected chi connectivity index (χ0v) is 11.7. The van der Waals surface area contributed by atoms with Gasteiger partial charge in [0.25, 0.3) is 5.91 Å². The van der Waals surface area contributed by atoms with Crippen molar-refractivity contribution >= 4 is 22.4 Å². The number of nitrogens with zero attached hydrogens (tertiary/aromatic N) is 3. The van der Waals surface area contributed by atoms with E-state index in [1.165, 1.54) is 11.3 Å². The Morgan fingerprint density at radius 2 is 2.16 bits per heavy atom. The summed E-state index contributed by atoms with van der Waals surface area (Å²) in [5.41, 5.74) is 5.76. The fourth-order valence-corrected chi connectivity index (χ4v) is 2.04. The number of nitrogen functional groups attached to an aromatic ring is 1. The SMILES string of the molecule is CC(C)c1cc(C(=O)NC(C)c2nnc(N)s2)no1. The quantitative estimate of drug-likeness (QED) is 0.883. The maximum atomic E-state index is 12.0. The molecule has 7 nitrogen and oxygen atoms in total. The van der Waals surface area contributed by atoms with Crippen LogP contribution < -0.4 is 11.1 Å². The molecule has 1 atom stereocenters. The summed E-state index contributed by atoms with van der Waals surface area (Å²) >= 11 is 1.24. The topological polar surface area (TPSA) is 107 Å². The maximum Gasteiger partial charge on any atom is 0.274 e. The van der Waals surface area contributed by atoms with Crippen LogP contribution in [-0.2, 0) is 0 Å². The Balaban J connectivity index is 2.04. The monoisotopic (exact) mass is 281 g/mol. The average Bonchev–Trinajstić information content (AvgIpc) is 2.96. The molecule has 2 rings (SSSR count). The van der Waals surface area contributed by atoms with Crippen LogP contribution in [0.5, 0.6) is 0 Å². The van der Waals surface area contributed by atoms with Gasteiger partial charge in [0.1, 0.15) is 10.8 Å². The second kappa shape index (κ2) is 5.35. The van der Waals surface area contributed by atoms with Gasteiger partial charge in [-0.2, -0.15) is 0 Å². The Bertz CT molecular complexity index is 577. The smallest absolute Gasteiger partial charge is 0.274 e. The Kier molecular flexibility index (Phi) is 3.79. The Hall–Kier alpha value is -1.96. The number of hydrogen-bond donors (Lipinski definition) is 2. The molecule has 0 bridgehead atoms. The van der Waals surface area contributed by atoms with Gasteiger partial charge in [0.2, 0.25) is 5.13 Å². The van der Waals surface area contributed by atoms with Gasteiger partial charge in [-0.3, -0.25) is 4.79 Å². The molecule has 0 radical (unpaired) electrons. The highest BCUT2D eigenvalue weighted by molar-refractivity contribution is 7.15. The molecule has 1 amide bonds. The predicted octanol–water partition coefficient (Wildman–Crippen LogP) is 1.72. The van der Waals surface area contributed by atoms with Crippen LogP contribution in [0, 0.1) is 0 Å². The van der Waals surface area contributed by atoms with E-state index in [-0.39, 0.29) is 23.6 Å². The summed E-state index contributed by atoms with van der Waals surface area (Å²) in [5, 5.41) is 15.1. The van der Waals surface area contributed by atoms with Crippen molar-refractivity contribution in [2.45, 2.75) is 32.7 Å². The standard InChI is InChI=1S/C11H15N5O2S/c1-5(2)8-4-7(16-18-8)9(17)13-6(3)10-14-15-11(12)19-10/h4-6H,1-3H3,(H2,12,15)(H,13,17). The molecule has 2 heterocycles. The number of rotatable bonds is 4. The zero-order valence-electron chi connectivity index (χ0n) is 10.9. The van der Waals surface area contributed by atoms with Crippen LogP contribution in [-0.4, -0.2) is 21.3 Å². The van der Waals surface area contributed by atoms with Gasteiger partial charge in [0.05, 0.1) is 6.04 Å². The molecule has 0 aliphatic rings. The lowest BCUT2D eigenvalue weighted by Crippen LogP contribution is -2.26. The fraction of sp³-hybridized carbons (Fsp3) is 0.455. The van der Waals surface area contributed by atoms with E-state index in [0.29, 0.717) is 15.9 Å². The first-order valence-electron chi connectivity index (χ1n) is 5.83. The number of anilines is 1. The molecular weight excluding hydrogens is 266 g/mol. The van der Waals surface area contributed by atoms with Gasteiger partial charge in [-0.05, 0) is 6.92 Å². The maximum absolute atomic E-state index is 12.0. The molecule has 0 spiro atoms. The van der Waals surface area contributed by atoms with Crippen LogP contribution in [0.1, 0.15) is 54.0 Å². The predicted molar refractivity (Wildman–Crippen MR) is 70.8 cm³/mol. The lowest BCUT2D eigenvalue weighted by molar-refractivity contribution is 0.0930. The third kappa shape index (κ3) is 3.08. The van der Waals surface area contributed by atoms with Crippen LogP contribution in [0.3, 0.4) is 0 Å². The average molecular weight is 281 g/mol.